The van der Waals surface area contributed by atoms with Crippen molar-refractivity contribution in [2.24, 2.45) is 0 Å². The van der Waals surface area contributed by atoms with E-state index >= 15 is 0 Å². The third-order valence-corrected chi connectivity index (χ3v) is 5.77. The number of hydrogen-bond donors (Lipinski definition) is 2. The average molecular weight is 375 g/mol. The largest absolute Gasteiger partial charge is 0.380 e. The Morgan fingerprint density at radius 2 is 1.65 bits per heavy atom. The molecule has 0 spiro atoms. The Morgan fingerprint density at radius 1 is 0.962 bits per heavy atom. The van der Waals surface area contributed by atoms with Crippen LogP contribution in [-0.2, 0) is 0 Å². The number of unbranched alkanes of at least 4 members (excludes halogenated alkanes) is 3. The van der Waals surface area contributed by atoms with E-state index < -0.39 is 10.9 Å². The summed E-state index contributed by atoms with van der Waals surface area (Å²) in [5.74, 6) is 1.20. The van der Waals surface area contributed by atoms with Gasteiger partial charge in [0.25, 0.3) is 10.9 Å². The third-order valence-electron chi connectivity index (χ3n) is 4.57. The maximum absolute atomic E-state index is 11.8. The van der Waals surface area contributed by atoms with Crippen molar-refractivity contribution in [3.63, 3.8) is 0 Å². The molecule has 3 rings (SSSR count). The van der Waals surface area contributed by atoms with E-state index in [1.165, 1.54) is 44.5 Å². The molecule has 2 heterocycles. The topological polar surface area (TPSA) is 74.3 Å². The first-order valence-electron chi connectivity index (χ1n) is 9.38. The second-order valence-electron chi connectivity index (χ2n) is 6.58. The van der Waals surface area contributed by atoms with Crippen LogP contribution in [0, 0.1) is 0 Å². The van der Waals surface area contributed by atoms with Gasteiger partial charge in [-0.2, -0.15) is 0 Å². The summed E-state index contributed by atoms with van der Waals surface area (Å²) in [7, 11) is 0. The third kappa shape index (κ3) is 5.08. The monoisotopic (exact) mass is 374 g/mol. The number of rotatable bonds is 11. The summed E-state index contributed by atoms with van der Waals surface area (Å²) in [6.07, 6.45) is 10.5. The van der Waals surface area contributed by atoms with Gasteiger partial charge in [0.15, 0.2) is 0 Å². The van der Waals surface area contributed by atoms with Crippen LogP contribution in [0.4, 0.5) is 17.1 Å². The highest BCUT2D eigenvalue weighted by atomic mass is 32.2. The Morgan fingerprint density at radius 3 is 2.42 bits per heavy atom. The SMILES string of the molecule is O=c1c(NCCCCCCSN2CCCC2)c(Nc2ccncc2)c1=O. The van der Waals surface area contributed by atoms with Gasteiger partial charge in [-0.15, -0.1) is 0 Å². The fourth-order valence-electron chi connectivity index (χ4n) is 3.06. The van der Waals surface area contributed by atoms with Crippen molar-refractivity contribution < 1.29 is 0 Å². The maximum Gasteiger partial charge on any atom is 0.253 e. The van der Waals surface area contributed by atoms with Crippen molar-refractivity contribution in [2.75, 3.05) is 36.0 Å². The average Bonchev–Trinajstić information content (AvgIpc) is 3.19. The molecule has 2 aromatic rings. The van der Waals surface area contributed by atoms with Crippen LogP contribution in [0.3, 0.4) is 0 Å². The molecule has 1 saturated heterocycles. The van der Waals surface area contributed by atoms with Gasteiger partial charge < -0.3 is 10.6 Å². The predicted octanol–water partition coefficient (Wildman–Crippen LogP) is 3.14. The molecule has 1 aromatic carbocycles. The molecular weight excluding hydrogens is 348 g/mol. The van der Waals surface area contributed by atoms with Gasteiger partial charge in [-0.05, 0) is 37.8 Å². The van der Waals surface area contributed by atoms with Crippen molar-refractivity contribution in [1.82, 2.24) is 9.29 Å². The Hall–Kier alpha value is -1.86. The summed E-state index contributed by atoms with van der Waals surface area (Å²) in [6.45, 7) is 3.20. The van der Waals surface area contributed by atoms with Crippen LogP contribution in [0.1, 0.15) is 38.5 Å². The summed E-state index contributed by atoms with van der Waals surface area (Å²) in [6, 6.07) is 3.53. The van der Waals surface area contributed by atoms with Crippen LogP contribution in [0.25, 0.3) is 0 Å². The van der Waals surface area contributed by atoms with Gasteiger partial charge in [0.2, 0.25) is 0 Å². The standard InChI is InChI=1S/C19H26N4O2S/c24-18-16(17(19(18)25)22-15-7-10-20-11-8-15)21-9-3-1-2-6-14-26-23-12-4-5-13-23/h7-8,10-11,21H,1-6,9,12-14H2,(H,20,22). The quantitative estimate of drug-likeness (QED) is 0.355. The first kappa shape index (κ1) is 18.9. The summed E-state index contributed by atoms with van der Waals surface area (Å²) >= 11 is 1.98. The van der Waals surface area contributed by atoms with Gasteiger partial charge in [0.1, 0.15) is 11.4 Å². The van der Waals surface area contributed by atoms with Crippen LogP contribution in [0.2, 0.25) is 0 Å². The van der Waals surface area contributed by atoms with Crippen molar-refractivity contribution in [3.05, 3.63) is 45.0 Å². The van der Waals surface area contributed by atoms with Crippen LogP contribution in [-0.4, -0.2) is 34.7 Å². The van der Waals surface area contributed by atoms with E-state index in [1.807, 2.05) is 11.9 Å². The first-order valence-corrected chi connectivity index (χ1v) is 10.3. The second-order valence-corrected chi connectivity index (χ2v) is 7.76. The second kappa shape index (κ2) is 9.73. The number of pyridine rings is 1. The lowest BCUT2D eigenvalue weighted by Crippen LogP contribution is -2.36. The highest BCUT2D eigenvalue weighted by molar-refractivity contribution is 7.97. The van der Waals surface area contributed by atoms with E-state index in [2.05, 4.69) is 19.9 Å². The molecule has 140 valence electrons. The molecule has 0 saturated carbocycles. The van der Waals surface area contributed by atoms with Crippen LogP contribution < -0.4 is 21.5 Å². The number of hydrogen-bond acceptors (Lipinski definition) is 7. The van der Waals surface area contributed by atoms with E-state index in [0.717, 1.165) is 25.1 Å². The fraction of sp³-hybridized carbons (Fsp3) is 0.526. The molecule has 1 aromatic heterocycles. The van der Waals surface area contributed by atoms with E-state index in [4.69, 9.17) is 0 Å². The van der Waals surface area contributed by atoms with Crippen molar-refractivity contribution >= 4 is 29.0 Å². The molecule has 1 fully saturated rings. The van der Waals surface area contributed by atoms with Gasteiger partial charge in [0.05, 0.1) is 0 Å². The molecule has 0 radical (unpaired) electrons. The molecule has 7 heteroatoms. The zero-order valence-corrected chi connectivity index (χ0v) is 15.8. The van der Waals surface area contributed by atoms with E-state index in [-0.39, 0.29) is 0 Å². The van der Waals surface area contributed by atoms with E-state index in [9.17, 15) is 9.59 Å². The lowest BCUT2D eigenvalue weighted by molar-refractivity contribution is 0.583. The first-order chi connectivity index (χ1) is 12.8. The zero-order chi connectivity index (χ0) is 18.2. The minimum atomic E-state index is -0.455. The molecule has 0 atom stereocenters. The van der Waals surface area contributed by atoms with Crippen LogP contribution >= 0.6 is 11.9 Å². The normalized spacial score (nSPS) is 14.8. The number of nitrogens with one attached hydrogen (secondary N) is 2. The van der Waals surface area contributed by atoms with E-state index in [1.54, 1.807) is 24.5 Å². The molecule has 6 nitrogen and oxygen atoms in total. The molecule has 0 unspecified atom stereocenters. The van der Waals surface area contributed by atoms with Crippen LogP contribution in [0.5, 0.6) is 0 Å². The predicted molar refractivity (Wildman–Crippen MR) is 109 cm³/mol. The van der Waals surface area contributed by atoms with Crippen LogP contribution in [0.15, 0.2) is 34.1 Å². The Labute approximate surface area is 158 Å². The Balaban J connectivity index is 1.32. The summed E-state index contributed by atoms with van der Waals surface area (Å²) in [4.78, 5) is 27.5. The molecule has 2 N–H and O–H groups in total. The summed E-state index contributed by atoms with van der Waals surface area (Å²) < 4.78 is 2.48. The molecule has 0 amide bonds. The molecule has 1 aliphatic heterocycles. The summed E-state index contributed by atoms with van der Waals surface area (Å²) in [5.41, 5.74) is 0.650. The molecular formula is C19H26N4O2S. The van der Waals surface area contributed by atoms with Gasteiger partial charge >= 0.3 is 0 Å². The van der Waals surface area contributed by atoms with Crippen molar-refractivity contribution in [1.29, 1.82) is 0 Å². The smallest absolute Gasteiger partial charge is 0.253 e. The molecule has 0 aliphatic carbocycles. The minimum absolute atomic E-state index is 0.364. The maximum atomic E-state index is 11.8. The minimum Gasteiger partial charge on any atom is -0.380 e. The molecule has 1 aliphatic rings. The van der Waals surface area contributed by atoms with Crippen molar-refractivity contribution in [3.8, 4) is 0 Å². The van der Waals surface area contributed by atoms with Gasteiger partial charge in [-0.25, -0.2) is 0 Å². The van der Waals surface area contributed by atoms with E-state index in [0.29, 0.717) is 11.4 Å². The lowest BCUT2D eigenvalue weighted by Gasteiger charge is -2.15. The highest BCUT2D eigenvalue weighted by Crippen LogP contribution is 2.21. The van der Waals surface area contributed by atoms with Gasteiger partial charge in [0, 0.05) is 43.5 Å². The zero-order valence-electron chi connectivity index (χ0n) is 15.0. The Bertz CT molecular complexity index is 753. The molecule has 26 heavy (non-hydrogen) atoms. The number of aromatic nitrogens is 1. The lowest BCUT2D eigenvalue weighted by atomic mass is 10.1. The number of nitrogens with zero attached hydrogens (tertiary/aromatic N) is 2. The fourth-order valence-corrected chi connectivity index (χ4v) is 4.17. The summed E-state index contributed by atoms with van der Waals surface area (Å²) in [5, 5.41) is 6.13. The highest BCUT2D eigenvalue weighted by Gasteiger charge is 2.20. The van der Waals surface area contributed by atoms with Crippen molar-refractivity contribution in [2.45, 2.75) is 38.5 Å². The Kier molecular flexibility index (Phi) is 7.08. The van der Waals surface area contributed by atoms with Gasteiger partial charge in [-0.3, -0.25) is 18.9 Å². The van der Waals surface area contributed by atoms with Gasteiger partial charge in [-0.1, -0.05) is 24.8 Å². The molecule has 0 bridgehead atoms. The number of anilines is 3.